The first-order valence-electron chi connectivity index (χ1n) is 11.8. The van der Waals surface area contributed by atoms with E-state index in [9.17, 15) is 9.59 Å². The van der Waals surface area contributed by atoms with Gasteiger partial charge in [0, 0.05) is 45.0 Å². The van der Waals surface area contributed by atoms with Gasteiger partial charge in [-0.1, -0.05) is 0 Å². The minimum atomic E-state index is -0.447. The standard InChI is InChI=1S/C24H25N7O5/c1-34-21-5-2-16-22(28-21)17(6-7-25-16)30-10-8-29(9-11-30)12-15-13-31(24(33)36-15)19-4-3-18-23(26-19)27-20(32)14-35-18/h2-7,15H,8-14H2,1H3,(H,26,27,32)/t15-/m0/s1. The van der Waals surface area contributed by atoms with E-state index in [2.05, 4.69) is 30.1 Å². The lowest BCUT2D eigenvalue weighted by molar-refractivity contribution is -0.118. The predicted octanol–water partition coefficient (Wildman–Crippen LogP) is 1.51. The van der Waals surface area contributed by atoms with Crippen molar-refractivity contribution in [2.45, 2.75) is 6.10 Å². The lowest BCUT2D eigenvalue weighted by Gasteiger charge is -2.36. The number of hydrogen-bond donors (Lipinski definition) is 1. The first-order valence-corrected chi connectivity index (χ1v) is 11.8. The molecule has 3 aromatic heterocycles. The molecule has 0 spiro atoms. The lowest BCUT2D eigenvalue weighted by atomic mass is 10.2. The molecule has 3 aliphatic rings. The number of pyridine rings is 3. The first-order chi connectivity index (χ1) is 17.6. The van der Waals surface area contributed by atoms with Gasteiger partial charge in [-0.05, 0) is 24.3 Å². The number of methoxy groups -OCH3 is 1. The SMILES string of the molecule is COc1ccc2nccc(N3CCN(C[C@H]4CN(c5ccc6c(n5)NC(=O)CO6)C(=O)O4)CC3)c2n1. The molecule has 6 heterocycles. The van der Waals surface area contributed by atoms with Gasteiger partial charge in [0.2, 0.25) is 5.88 Å². The molecule has 1 N–H and O–H groups in total. The molecule has 0 radical (unpaired) electrons. The highest BCUT2D eigenvalue weighted by Crippen LogP contribution is 2.30. The molecule has 6 rings (SSSR count). The number of amides is 2. The fourth-order valence-corrected chi connectivity index (χ4v) is 4.73. The van der Waals surface area contributed by atoms with E-state index in [-0.39, 0.29) is 18.6 Å². The topological polar surface area (TPSA) is 122 Å². The van der Waals surface area contributed by atoms with Gasteiger partial charge in [-0.15, -0.1) is 0 Å². The van der Waals surface area contributed by atoms with Crippen molar-refractivity contribution in [2.24, 2.45) is 0 Å². The number of ether oxygens (including phenoxy) is 3. The Morgan fingerprint density at radius 3 is 2.78 bits per heavy atom. The van der Waals surface area contributed by atoms with Crippen LogP contribution >= 0.6 is 0 Å². The molecule has 0 aromatic carbocycles. The van der Waals surface area contributed by atoms with E-state index in [0.29, 0.717) is 36.4 Å². The Bertz CT molecular complexity index is 1330. The third-order valence-corrected chi connectivity index (χ3v) is 6.53. The summed E-state index contributed by atoms with van der Waals surface area (Å²) in [5.74, 6) is 1.50. The third kappa shape index (κ3) is 4.19. The van der Waals surface area contributed by atoms with E-state index in [4.69, 9.17) is 14.2 Å². The van der Waals surface area contributed by atoms with Gasteiger partial charge < -0.3 is 24.4 Å². The number of carbonyl (C=O) groups is 2. The van der Waals surface area contributed by atoms with Gasteiger partial charge in [0.25, 0.3) is 5.91 Å². The zero-order chi connectivity index (χ0) is 24.6. The molecule has 0 aliphatic carbocycles. The Balaban J connectivity index is 1.08. The first kappa shape index (κ1) is 22.3. The lowest BCUT2D eigenvalue weighted by Crippen LogP contribution is -2.49. The highest BCUT2D eigenvalue weighted by molar-refractivity contribution is 5.95. The van der Waals surface area contributed by atoms with Crippen molar-refractivity contribution in [3.63, 3.8) is 0 Å². The molecular weight excluding hydrogens is 466 g/mol. The number of carbonyl (C=O) groups excluding carboxylic acids is 2. The van der Waals surface area contributed by atoms with Gasteiger partial charge in [-0.25, -0.2) is 14.8 Å². The summed E-state index contributed by atoms with van der Waals surface area (Å²) in [7, 11) is 1.61. The van der Waals surface area contributed by atoms with E-state index in [1.54, 1.807) is 25.4 Å². The van der Waals surface area contributed by atoms with Crippen LogP contribution in [0.2, 0.25) is 0 Å². The van der Waals surface area contributed by atoms with Crippen LogP contribution in [0, 0.1) is 0 Å². The Morgan fingerprint density at radius 1 is 1.08 bits per heavy atom. The van der Waals surface area contributed by atoms with Crippen LogP contribution in [-0.2, 0) is 9.53 Å². The number of hydrogen-bond acceptors (Lipinski definition) is 10. The van der Waals surface area contributed by atoms with Crippen molar-refractivity contribution in [1.29, 1.82) is 0 Å². The average Bonchev–Trinajstić information content (AvgIpc) is 3.27. The van der Waals surface area contributed by atoms with Crippen molar-refractivity contribution in [3.05, 3.63) is 36.5 Å². The van der Waals surface area contributed by atoms with Gasteiger partial charge in [0.05, 0.1) is 24.9 Å². The molecule has 2 saturated heterocycles. The maximum Gasteiger partial charge on any atom is 0.416 e. The van der Waals surface area contributed by atoms with Crippen LogP contribution in [0.15, 0.2) is 36.5 Å². The molecule has 12 heteroatoms. The van der Waals surface area contributed by atoms with Crippen molar-refractivity contribution < 1.29 is 23.8 Å². The average molecular weight is 492 g/mol. The molecule has 36 heavy (non-hydrogen) atoms. The molecule has 0 unspecified atom stereocenters. The highest BCUT2D eigenvalue weighted by atomic mass is 16.6. The smallest absolute Gasteiger partial charge is 0.416 e. The van der Waals surface area contributed by atoms with Crippen LogP contribution in [0.25, 0.3) is 11.0 Å². The van der Waals surface area contributed by atoms with Crippen LogP contribution in [-0.4, -0.2) is 90.9 Å². The number of nitrogens with zero attached hydrogens (tertiary/aromatic N) is 6. The molecule has 3 aromatic rings. The Labute approximate surface area is 206 Å². The maximum absolute atomic E-state index is 12.6. The van der Waals surface area contributed by atoms with Gasteiger partial charge in [-0.2, -0.15) is 0 Å². The normalized spacial score (nSPS) is 20.1. The van der Waals surface area contributed by atoms with Crippen LogP contribution in [0.5, 0.6) is 11.6 Å². The van der Waals surface area contributed by atoms with E-state index in [1.807, 2.05) is 18.2 Å². The Kier molecular flexibility index (Phi) is 5.64. The molecule has 3 aliphatic heterocycles. The zero-order valence-electron chi connectivity index (χ0n) is 19.7. The van der Waals surface area contributed by atoms with Gasteiger partial charge in [0.15, 0.2) is 18.2 Å². The number of fused-ring (bicyclic) bond motifs is 2. The monoisotopic (exact) mass is 491 g/mol. The number of piperazine rings is 1. The van der Waals surface area contributed by atoms with Crippen LogP contribution < -0.4 is 24.6 Å². The van der Waals surface area contributed by atoms with Gasteiger partial charge in [-0.3, -0.25) is 19.6 Å². The fraction of sp³-hybridized carbons (Fsp3) is 0.375. The number of anilines is 3. The minimum absolute atomic E-state index is 0.0444. The van der Waals surface area contributed by atoms with Crippen LogP contribution in [0.3, 0.4) is 0 Å². The number of cyclic esters (lactones) is 1. The summed E-state index contributed by atoms with van der Waals surface area (Å²) in [6.45, 7) is 4.24. The quantitative estimate of drug-likeness (QED) is 0.562. The Morgan fingerprint density at radius 2 is 1.94 bits per heavy atom. The maximum atomic E-state index is 12.6. The Hall–Kier alpha value is -4.19. The second-order valence-electron chi connectivity index (χ2n) is 8.81. The molecular formula is C24H25N7O5. The van der Waals surface area contributed by atoms with Crippen LogP contribution in [0.4, 0.5) is 22.1 Å². The largest absolute Gasteiger partial charge is 0.481 e. The third-order valence-electron chi connectivity index (χ3n) is 6.53. The second kappa shape index (κ2) is 9.11. The van der Waals surface area contributed by atoms with Gasteiger partial charge >= 0.3 is 6.09 Å². The molecule has 0 bridgehead atoms. The number of aromatic nitrogens is 3. The van der Waals surface area contributed by atoms with Crippen LogP contribution in [0.1, 0.15) is 0 Å². The molecule has 1 atom stereocenters. The summed E-state index contributed by atoms with van der Waals surface area (Å²) in [5, 5.41) is 2.67. The molecule has 12 nitrogen and oxygen atoms in total. The van der Waals surface area contributed by atoms with E-state index in [0.717, 1.165) is 42.9 Å². The minimum Gasteiger partial charge on any atom is -0.481 e. The van der Waals surface area contributed by atoms with E-state index >= 15 is 0 Å². The number of nitrogens with one attached hydrogen (secondary N) is 1. The van der Waals surface area contributed by atoms with Crippen molar-refractivity contribution in [2.75, 3.05) is 68.1 Å². The summed E-state index contributed by atoms with van der Waals surface area (Å²) in [5.41, 5.74) is 2.69. The van der Waals surface area contributed by atoms with E-state index in [1.165, 1.54) is 4.90 Å². The summed E-state index contributed by atoms with van der Waals surface area (Å²) >= 11 is 0. The summed E-state index contributed by atoms with van der Waals surface area (Å²) in [6.07, 6.45) is 1.08. The van der Waals surface area contributed by atoms with E-state index < -0.39 is 6.09 Å². The van der Waals surface area contributed by atoms with Gasteiger partial charge in [0.1, 0.15) is 17.4 Å². The summed E-state index contributed by atoms with van der Waals surface area (Å²) < 4.78 is 16.3. The molecule has 2 fully saturated rings. The molecule has 186 valence electrons. The van der Waals surface area contributed by atoms with Crippen molar-refractivity contribution in [3.8, 4) is 11.6 Å². The van der Waals surface area contributed by atoms with Crippen molar-refractivity contribution >= 4 is 40.4 Å². The number of rotatable bonds is 5. The predicted molar refractivity (Wildman–Crippen MR) is 131 cm³/mol. The molecule has 2 amide bonds. The summed E-state index contributed by atoms with van der Waals surface area (Å²) in [4.78, 5) is 43.7. The second-order valence-corrected chi connectivity index (χ2v) is 8.81. The zero-order valence-corrected chi connectivity index (χ0v) is 19.7. The summed E-state index contributed by atoms with van der Waals surface area (Å²) in [6, 6.07) is 9.11. The molecule has 0 saturated carbocycles. The fourth-order valence-electron chi connectivity index (χ4n) is 4.73. The highest BCUT2D eigenvalue weighted by Gasteiger charge is 2.35. The van der Waals surface area contributed by atoms with Crippen molar-refractivity contribution in [1.82, 2.24) is 19.9 Å².